The molecule has 1 aromatic heterocycles. The van der Waals surface area contributed by atoms with Gasteiger partial charge in [0.1, 0.15) is 11.5 Å². The van der Waals surface area contributed by atoms with Crippen molar-refractivity contribution in [3.63, 3.8) is 0 Å². The number of benzene rings is 1. The third-order valence-corrected chi connectivity index (χ3v) is 4.08. The predicted molar refractivity (Wildman–Crippen MR) is 82.6 cm³/mol. The smallest absolute Gasteiger partial charge is 0.270 e. The molecular weight excluding hydrogens is 301 g/mol. The van der Waals surface area contributed by atoms with Crippen LogP contribution in [0.2, 0.25) is 0 Å². The first-order valence-corrected chi connectivity index (χ1v) is 7.37. The van der Waals surface area contributed by atoms with Crippen LogP contribution in [0.5, 0.6) is 0 Å². The fourth-order valence-electron chi connectivity index (χ4n) is 2.83. The Bertz CT molecular complexity index is 773. The molecule has 122 valence electrons. The zero-order valence-corrected chi connectivity index (χ0v) is 13.0. The molecule has 2 heterocycles. The van der Waals surface area contributed by atoms with E-state index in [1.165, 1.54) is 19.2 Å². The first-order chi connectivity index (χ1) is 10.9. The van der Waals surface area contributed by atoms with E-state index < -0.39 is 5.60 Å². The number of fused-ring (bicyclic) bond motifs is 1. The maximum Gasteiger partial charge on any atom is 0.270 e. The molecule has 1 aliphatic heterocycles. The molecule has 0 saturated carbocycles. The Morgan fingerprint density at radius 1 is 1.39 bits per heavy atom. The lowest BCUT2D eigenvalue weighted by Crippen LogP contribution is -2.58. The molecule has 1 aromatic carbocycles. The number of nitrogens with zero attached hydrogens (tertiary/aromatic N) is 1. The van der Waals surface area contributed by atoms with Crippen LogP contribution in [0.1, 0.15) is 17.4 Å². The lowest BCUT2D eigenvalue weighted by atomic mass is 10.0. The van der Waals surface area contributed by atoms with Gasteiger partial charge in [-0.15, -0.1) is 0 Å². The van der Waals surface area contributed by atoms with Gasteiger partial charge in [0.05, 0.1) is 13.2 Å². The topological polar surface area (TPSA) is 74.4 Å². The molecule has 1 saturated heterocycles. The minimum atomic E-state index is -1.07. The van der Waals surface area contributed by atoms with Gasteiger partial charge in [-0.05, 0) is 31.2 Å². The third-order valence-electron chi connectivity index (χ3n) is 4.08. The minimum absolute atomic E-state index is 0.162. The van der Waals surface area contributed by atoms with Crippen LogP contribution in [0.4, 0.5) is 4.39 Å². The zero-order valence-electron chi connectivity index (χ0n) is 13.0. The number of nitrogens with one attached hydrogen (secondary N) is 2. The van der Waals surface area contributed by atoms with Gasteiger partial charge in [-0.1, -0.05) is 0 Å². The van der Waals surface area contributed by atoms with Crippen LogP contribution in [-0.2, 0) is 9.53 Å². The Morgan fingerprint density at radius 2 is 2.17 bits per heavy atom. The van der Waals surface area contributed by atoms with Crippen LogP contribution in [-0.4, -0.2) is 54.0 Å². The number of morpholine rings is 1. The lowest BCUT2D eigenvalue weighted by molar-refractivity contribution is -0.153. The van der Waals surface area contributed by atoms with Crippen molar-refractivity contribution >= 4 is 22.7 Å². The van der Waals surface area contributed by atoms with Gasteiger partial charge in [-0.25, -0.2) is 4.39 Å². The van der Waals surface area contributed by atoms with Gasteiger partial charge >= 0.3 is 0 Å². The van der Waals surface area contributed by atoms with Gasteiger partial charge in [0.25, 0.3) is 11.8 Å². The molecule has 0 aliphatic carbocycles. The number of H-pyrrole nitrogens is 1. The molecule has 1 fully saturated rings. The second kappa shape index (κ2) is 5.66. The summed E-state index contributed by atoms with van der Waals surface area (Å²) in [5.41, 5.74) is -0.00957. The third kappa shape index (κ3) is 2.79. The van der Waals surface area contributed by atoms with Crippen LogP contribution >= 0.6 is 0 Å². The van der Waals surface area contributed by atoms with Gasteiger partial charge in [0.2, 0.25) is 0 Å². The number of carbonyl (C=O) groups excluding carboxylic acids is 2. The average molecular weight is 319 g/mol. The van der Waals surface area contributed by atoms with E-state index in [-0.39, 0.29) is 30.8 Å². The molecule has 23 heavy (non-hydrogen) atoms. The number of aromatic amines is 1. The molecule has 0 radical (unpaired) electrons. The zero-order chi connectivity index (χ0) is 16.6. The van der Waals surface area contributed by atoms with Crippen LogP contribution in [0.3, 0.4) is 0 Å². The lowest BCUT2D eigenvalue weighted by Gasteiger charge is -2.38. The quantitative estimate of drug-likeness (QED) is 0.876. The molecule has 1 atom stereocenters. The summed E-state index contributed by atoms with van der Waals surface area (Å²) in [5, 5.41) is 3.19. The number of hydrogen-bond acceptors (Lipinski definition) is 3. The maximum absolute atomic E-state index is 13.3. The summed E-state index contributed by atoms with van der Waals surface area (Å²) >= 11 is 0. The second-order valence-electron chi connectivity index (χ2n) is 5.80. The summed E-state index contributed by atoms with van der Waals surface area (Å²) < 4.78 is 18.8. The summed E-state index contributed by atoms with van der Waals surface area (Å²) in [6.07, 6.45) is 0. The fourth-order valence-corrected chi connectivity index (χ4v) is 2.83. The number of carbonyl (C=O) groups is 2. The monoisotopic (exact) mass is 319 g/mol. The normalized spacial score (nSPS) is 21.4. The largest absolute Gasteiger partial charge is 0.362 e. The summed E-state index contributed by atoms with van der Waals surface area (Å²) in [6.45, 7) is 2.50. The van der Waals surface area contributed by atoms with E-state index in [2.05, 4.69) is 10.3 Å². The van der Waals surface area contributed by atoms with Gasteiger partial charge in [-0.2, -0.15) is 0 Å². The molecule has 0 unspecified atom stereocenters. The Kier molecular flexibility index (Phi) is 3.81. The highest BCUT2D eigenvalue weighted by Gasteiger charge is 2.40. The first kappa shape index (κ1) is 15.5. The molecule has 0 spiro atoms. The van der Waals surface area contributed by atoms with Crippen molar-refractivity contribution in [1.29, 1.82) is 0 Å². The van der Waals surface area contributed by atoms with E-state index >= 15 is 0 Å². The Labute approximate surface area is 132 Å². The molecule has 2 aromatic rings. The van der Waals surface area contributed by atoms with E-state index in [0.29, 0.717) is 23.1 Å². The first-order valence-electron chi connectivity index (χ1n) is 7.37. The van der Waals surface area contributed by atoms with Crippen molar-refractivity contribution in [1.82, 2.24) is 15.2 Å². The van der Waals surface area contributed by atoms with E-state index in [1.54, 1.807) is 24.0 Å². The molecule has 6 nitrogen and oxygen atoms in total. The summed E-state index contributed by atoms with van der Waals surface area (Å²) in [5.74, 6) is -0.859. The van der Waals surface area contributed by atoms with Crippen molar-refractivity contribution in [3.05, 3.63) is 35.8 Å². The second-order valence-corrected chi connectivity index (χ2v) is 5.80. The highest BCUT2D eigenvalue weighted by molar-refractivity contribution is 5.98. The average Bonchev–Trinajstić information content (AvgIpc) is 2.96. The predicted octanol–water partition coefficient (Wildman–Crippen LogP) is 1.28. The highest BCUT2D eigenvalue weighted by Crippen LogP contribution is 2.22. The number of halogens is 1. The van der Waals surface area contributed by atoms with Crippen molar-refractivity contribution in [2.75, 3.05) is 26.7 Å². The van der Waals surface area contributed by atoms with Crippen molar-refractivity contribution in [2.45, 2.75) is 12.5 Å². The fraction of sp³-hybridized carbons (Fsp3) is 0.375. The number of amides is 2. The van der Waals surface area contributed by atoms with Crippen LogP contribution in [0.25, 0.3) is 10.9 Å². The van der Waals surface area contributed by atoms with E-state index in [0.717, 1.165) is 0 Å². The summed E-state index contributed by atoms with van der Waals surface area (Å²) in [7, 11) is 1.53. The molecule has 3 rings (SSSR count). The molecular formula is C16H18FN3O3. The van der Waals surface area contributed by atoms with Gasteiger partial charge in [0.15, 0.2) is 5.60 Å². The van der Waals surface area contributed by atoms with E-state index in [1.807, 2.05) is 0 Å². The Hall–Kier alpha value is -2.41. The van der Waals surface area contributed by atoms with E-state index in [4.69, 9.17) is 4.74 Å². The Morgan fingerprint density at radius 3 is 2.91 bits per heavy atom. The number of rotatable bonds is 2. The SMILES string of the molecule is CNC(=O)[C@@]1(C)CN(C(=O)c2cc3cc(F)ccc3[nH]2)CCO1. The maximum atomic E-state index is 13.3. The Balaban J connectivity index is 1.85. The summed E-state index contributed by atoms with van der Waals surface area (Å²) in [4.78, 5) is 29.2. The standard InChI is InChI=1S/C16H18FN3O3/c1-16(15(22)18-2)9-20(5-6-23-16)14(21)13-8-10-7-11(17)3-4-12(10)19-13/h3-4,7-8,19H,5-6,9H2,1-2H3,(H,18,22)/t16-/m1/s1. The van der Waals surface area contributed by atoms with Crippen LogP contribution in [0, 0.1) is 5.82 Å². The van der Waals surface area contributed by atoms with Gasteiger partial charge in [-0.3, -0.25) is 9.59 Å². The van der Waals surface area contributed by atoms with Crippen LogP contribution < -0.4 is 5.32 Å². The molecule has 2 N–H and O–H groups in total. The van der Waals surface area contributed by atoms with Crippen molar-refractivity contribution in [3.8, 4) is 0 Å². The molecule has 1 aliphatic rings. The van der Waals surface area contributed by atoms with E-state index in [9.17, 15) is 14.0 Å². The number of aromatic nitrogens is 1. The molecule has 0 bridgehead atoms. The van der Waals surface area contributed by atoms with Crippen molar-refractivity contribution in [2.24, 2.45) is 0 Å². The highest BCUT2D eigenvalue weighted by atomic mass is 19.1. The van der Waals surface area contributed by atoms with Gasteiger partial charge in [0, 0.05) is 24.5 Å². The molecule has 2 amide bonds. The molecule has 7 heteroatoms. The number of ether oxygens (including phenoxy) is 1. The number of likely N-dealkylation sites (N-methyl/N-ethyl adjacent to an activating group) is 1. The van der Waals surface area contributed by atoms with Gasteiger partial charge < -0.3 is 19.9 Å². The van der Waals surface area contributed by atoms with Crippen LogP contribution in [0.15, 0.2) is 24.3 Å². The van der Waals surface area contributed by atoms with Crippen molar-refractivity contribution < 1.29 is 18.7 Å². The minimum Gasteiger partial charge on any atom is -0.362 e. The number of hydrogen-bond donors (Lipinski definition) is 2. The summed E-state index contributed by atoms with van der Waals surface area (Å²) in [6, 6.07) is 5.92.